The quantitative estimate of drug-likeness (QED) is 0.729. The minimum Gasteiger partial charge on any atom is -0.348 e. The minimum atomic E-state index is -0.161. The van der Waals surface area contributed by atoms with Crippen molar-refractivity contribution in [1.29, 1.82) is 0 Å². The fraction of sp³-hybridized carbons (Fsp3) is 0.158. The monoisotopic (exact) mass is 333 g/mol. The number of carbonyl (C=O) groups is 1. The van der Waals surface area contributed by atoms with Crippen LogP contribution in [-0.2, 0) is 11.3 Å². The Balaban J connectivity index is 1.58. The number of aromatic nitrogens is 4. The summed E-state index contributed by atoms with van der Waals surface area (Å²) in [7, 11) is 0. The summed E-state index contributed by atoms with van der Waals surface area (Å²) >= 11 is 0. The summed E-state index contributed by atoms with van der Waals surface area (Å²) in [6.07, 6.45) is 8.36. The van der Waals surface area contributed by atoms with Gasteiger partial charge in [-0.05, 0) is 49.2 Å². The van der Waals surface area contributed by atoms with E-state index in [1.807, 2.05) is 44.2 Å². The Labute approximate surface area is 146 Å². The van der Waals surface area contributed by atoms with Gasteiger partial charge in [-0.25, -0.2) is 9.67 Å². The molecule has 0 aliphatic carbocycles. The molecule has 3 heterocycles. The second-order valence-corrected chi connectivity index (χ2v) is 5.70. The molecule has 0 aliphatic heterocycles. The topological polar surface area (TPSA) is 72.7 Å². The molecule has 1 N–H and O–H groups in total. The van der Waals surface area contributed by atoms with Crippen molar-refractivity contribution in [3.63, 3.8) is 0 Å². The van der Waals surface area contributed by atoms with Crippen LogP contribution in [0.1, 0.15) is 22.5 Å². The highest BCUT2D eigenvalue weighted by atomic mass is 16.1. The van der Waals surface area contributed by atoms with Crippen LogP contribution in [0.2, 0.25) is 0 Å². The van der Waals surface area contributed by atoms with Crippen molar-refractivity contribution in [3.05, 3.63) is 77.5 Å². The number of aryl methyl sites for hydroxylation is 2. The number of hydrogen-bond acceptors (Lipinski definition) is 4. The van der Waals surface area contributed by atoms with Crippen LogP contribution in [0.15, 0.2) is 55.0 Å². The second-order valence-electron chi connectivity index (χ2n) is 5.70. The van der Waals surface area contributed by atoms with E-state index < -0.39 is 0 Å². The lowest BCUT2D eigenvalue weighted by atomic mass is 10.2. The Bertz CT molecular complexity index is 882. The van der Waals surface area contributed by atoms with E-state index in [4.69, 9.17) is 0 Å². The SMILES string of the molecule is Cc1cc(C)n(-c2ccc(CNC(=O)/C=C/c3cccnc3)cn2)n1. The molecule has 6 heteroatoms. The second kappa shape index (κ2) is 7.53. The van der Waals surface area contributed by atoms with Gasteiger partial charge < -0.3 is 5.32 Å². The van der Waals surface area contributed by atoms with Gasteiger partial charge in [-0.1, -0.05) is 12.1 Å². The molecular formula is C19H19N5O. The molecule has 0 radical (unpaired) electrons. The summed E-state index contributed by atoms with van der Waals surface area (Å²) in [6.45, 7) is 4.36. The average Bonchev–Trinajstić information content (AvgIpc) is 2.98. The molecular weight excluding hydrogens is 314 g/mol. The summed E-state index contributed by atoms with van der Waals surface area (Å²) in [5, 5.41) is 7.24. The molecule has 126 valence electrons. The van der Waals surface area contributed by atoms with E-state index >= 15 is 0 Å². The fourth-order valence-electron chi connectivity index (χ4n) is 2.40. The van der Waals surface area contributed by atoms with Gasteiger partial charge in [0.25, 0.3) is 0 Å². The Hall–Kier alpha value is -3.28. The van der Waals surface area contributed by atoms with E-state index in [9.17, 15) is 4.79 Å². The molecule has 6 nitrogen and oxygen atoms in total. The molecule has 0 saturated heterocycles. The first-order valence-corrected chi connectivity index (χ1v) is 7.96. The van der Waals surface area contributed by atoms with Gasteiger partial charge in [0.05, 0.1) is 5.69 Å². The molecule has 0 unspecified atom stereocenters. The van der Waals surface area contributed by atoms with Crippen molar-refractivity contribution in [2.75, 3.05) is 0 Å². The van der Waals surface area contributed by atoms with E-state index in [-0.39, 0.29) is 5.91 Å². The van der Waals surface area contributed by atoms with Crippen molar-refractivity contribution in [2.45, 2.75) is 20.4 Å². The molecule has 0 atom stereocenters. The summed E-state index contributed by atoms with van der Waals surface area (Å²) in [6, 6.07) is 9.55. The maximum absolute atomic E-state index is 11.9. The van der Waals surface area contributed by atoms with Gasteiger partial charge >= 0.3 is 0 Å². The lowest BCUT2D eigenvalue weighted by Gasteiger charge is -2.06. The van der Waals surface area contributed by atoms with E-state index in [0.29, 0.717) is 6.54 Å². The molecule has 0 aromatic carbocycles. The van der Waals surface area contributed by atoms with E-state index in [1.54, 1.807) is 29.3 Å². The zero-order chi connectivity index (χ0) is 17.6. The van der Waals surface area contributed by atoms with Gasteiger partial charge in [0, 0.05) is 36.9 Å². The Morgan fingerprint density at radius 3 is 2.76 bits per heavy atom. The maximum atomic E-state index is 11.9. The molecule has 0 bridgehead atoms. The molecule has 0 fully saturated rings. The van der Waals surface area contributed by atoms with Gasteiger partial charge in [0.15, 0.2) is 5.82 Å². The third-order valence-electron chi connectivity index (χ3n) is 3.61. The van der Waals surface area contributed by atoms with Crippen LogP contribution in [0, 0.1) is 13.8 Å². The zero-order valence-corrected chi connectivity index (χ0v) is 14.2. The van der Waals surface area contributed by atoms with Gasteiger partial charge in [-0.3, -0.25) is 9.78 Å². The van der Waals surface area contributed by atoms with Gasteiger partial charge in [-0.2, -0.15) is 5.10 Å². The highest BCUT2D eigenvalue weighted by molar-refractivity contribution is 5.91. The molecule has 0 saturated carbocycles. The van der Waals surface area contributed by atoms with Crippen LogP contribution in [0.25, 0.3) is 11.9 Å². The lowest BCUT2D eigenvalue weighted by molar-refractivity contribution is -0.116. The Morgan fingerprint density at radius 1 is 1.24 bits per heavy atom. The maximum Gasteiger partial charge on any atom is 0.244 e. The molecule has 3 rings (SSSR count). The van der Waals surface area contributed by atoms with Crippen LogP contribution in [0.3, 0.4) is 0 Å². The largest absolute Gasteiger partial charge is 0.348 e. The van der Waals surface area contributed by atoms with Crippen molar-refractivity contribution >= 4 is 12.0 Å². The third-order valence-corrected chi connectivity index (χ3v) is 3.61. The predicted octanol–water partition coefficient (Wildman–Crippen LogP) is 2.61. The van der Waals surface area contributed by atoms with Crippen molar-refractivity contribution in [2.24, 2.45) is 0 Å². The van der Waals surface area contributed by atoms with Crippen LogP contribution in [0.4, 0.5) is 0 Å². The molecule has 1 amide bonds. The van der Waals surface area contributed by atoms with Crippen LogP contribution in [0.5, 0.6) is 0 Å². The van der Waals surface area contributed by atoms with Crippen LogP contribution < -0.4 is 5.32 Å². The first kappa shape index (κ1) is 16.6. The number of hydrogen-bond donors (Lipinski definition) is 1. The summed E-state index contributed by atoms with van der Waals surface area (Å²) < 4.78 is 1.80. The molecule has 25 heavy (non-hydrogen) atoms. The fourth-order valence-corrected chi connectivity index (χ4v) is 2.40. The van der Waals surface area contributed by atoms with Crippen molar-refractivity contribution < 1.29 is 4.79 Å². The molecule has 0 spiro atoms. The first-order chi connectivity index (χ1) is 12.1. The number of rotatable bonds is 5. The van der Waals surface area contributed by atoms with Gasteiger partial charge in [-0.15, -0.1) is 0 Å². The molecule has 3 aromatic rings. The number of carbonyl (C=O) groups excluding carboxylic acids is 1. The average molecular weight is 333 g/mol. The number of amides is 1. The zero-order valence-electron chi connectivity index (χ0n) is 14.2. The Kier molecular flexibility index (Phi) is 4.99. The van der Waals surface area contributed by atoms with E-state index in [2.05, 4.69) is 20.4 Å². The van der Waals surface area contributed by atoms with E-state index in [0.717, 1.165) is 28.3 Å². The van der Waals surface area contributed by atoms with Crippen LogP contribution >= 0.6 is 0 Å². The third kappa shape index (κ3) is 4.38. The van der Waals surface area contributed by atoms with Crippen molar-refractivity contribution in [3.8, 4) is 5.82 Å². The number of pyridine rings is 2. The molecule has 0 aliphatic rings. The Morgan fingerprint density at radius 2 is 2.12 bits per heavy atom. The molecule has 3 aromatic heterocycles. The summed E-state index contributed by atoms with van der Waals surface area (Å²) in [5.41, 5.74) is 3.80. The predicted molar refractivity (Wildman–Crippen MR) is 96.0 cm³/mol. The van der Waals surface area contributed by atoms with E-state index in [1.165, 1.54) is 6.08 Å². The highest BCUT2D eigenvalue weighted by Gasteiger charge is 2.05. The number of nitrogens with one attached hydrogen (secondary N) is 1. The van der Waals surface area contributed by atoms with Crippen molar-refractivity contribution in [1.82, 2.24) is 25.1 Å². The lowest BCUT2D eigenvalue weighted by Crippen LogP contribution is -2.20. The summed E-state index contributed by atoms with van der Waals surface area (Å²) in [5.74, 6) is 0.601. The smallest absolute Gasteiger partial charge is 0.244 e. The highest BCUT2D eigenvalue weighted by Crippen LogP contribution is 2.10. The first-order valence-electron chi connectivity index (χ1n) is 7.96. The minimum absolute atomic E-state index is 0.161. The van der Waals surface area contributed by atoms with Gasteiger partial charge in [0.1, 0.15) is 0 Å². The standard InChI is InChI=1S/C19H19N5O/c1-14-10-15(2)24(23-14)18-7-5-17(12-21-18)13-22-19(25)8-6-16-4-3-9-20-11-16/h3-12H,13H2,1-2H3,(H,22,25)/b8-6+. The number of nitrogens with zero attached hydrogens (tertiary/aromatic N) is 4. The summed E-state index contributed by atoms with van der Waals surface area (Å²) in [4.78, 5) is 20.3. The van der Waals surface area contributed by atoms with Crippen LogP contribution in [-0.4, -0.2) is 25.7 Å². The normalized spacial score (nSPS) is 11.0. The van der Waals surface area contributed by atoms with Gasteiger partial charge in [0.2, 0.25) is 5.91 Å².